The molecule has 1 aliphatic heterocycles. The van der Waals surface area contributed by atoms with Gasteiger partial charge in [0.2, 0.25) is 0 Å². The molecule has 0 atom stereocenters. The number of nitrogens with zero attached hydrogens (tertiary/aromatic N) is 1. The van der Waals surface area contributed by atoms with Gasteiger partial charge in [0.25, 0.3) is 0 Å². The Kier molecular flexibility index (Phi) is 3.74. The Labute approximate surface area is 95.2 Å². The molecule has 0 aliphatic carbocycles. The van der Waals surface area contributed by atoms with Gasteiger partial charge in [-0.1, -0.05) is 12.2 Å². The zero-order valence-corrected chi connectivity index (χ0v) is 10.1. The van der Waals surface area contributed by atoms with Crippen LogP contribution >= 0.6 is 12.2 Å². The number of carbonyl (C=O) groups is 1. The van der Waals surface area contributed by atoms with Gasteiger partial charge >= 0.3 is 5.97 Å². The monoisotopic (exact) mass is 225 g/mol. The molecule has 15 heavy (non-hydrogen) atoms. The molecule has 0 spiro atoms. The third kappa shape index (κ3) is 4.83. The van der Waals surface area contributed by atoms with Gasteiger partial charge in [-0.3, -0.25) is 9.79 Å². The normalized spacial score (nSPS) is 16.2. The van der Waals surface area contributed by atoms with E-state index in [2.05, 4.69) is 4.99 Å². The molecule has 0 radical (unpaired) electrons. The molecule has 1 aliphatic rings. The lowest BCUT2D eigenvalue weighted by Crippen LogP contribution is -2.24. The molecule has 1 heterocycles. The van der Waals surface area contributed by atoms with Crippen LogP contribution in [-0.4, -0.2) is 22.6 Å². The molecule has 82 valence electrons. The Morgan fingerprint density at radius 3 is 2.80 bits per heavy atom. The molecule has 0 aromatic carbocycles. The zero-order chi connectivity index (χ0) is 11.5. The van der Waals surface area contributed by atoms with E-state index in [-0.39, 0.29) is 12.4 Å². The van der Waals surface area contributed by atoms with Gasteiger partial charge in [0.05, 0.1) is 12.1 Å². The van der Waals surface area contributed by atoms with Gasteiger partial charge in [-0.2, -0.15) is 0 Å². The minimum absolute atomic E-state index is 0.188. The van der Waals surface area contributed by atoms with Gasteiger partial charge in [-0.05, 0) is 26.8 Å². The molecular weight excluding hydrogens is 210 g/mol. The standard InChI is InChI=1S/C11H15NO2S/c1-11(2,3)14-10(13)7-8-6-9(15)4-5-12-8/h5-6H,4,7H2,1-3H3. The second-order valence-electron chi connectivity index (χ2n) is 4.38. The Morgan fingerprint density at radius 2 is 2.27 bits per heavy atom. The van der Waals surface area contributed by atoms with Crippen LogP contribution in [0.2, 0.25) is 0 Å². The third-order valence-corrected chi connectivity index (χ3v) is 1.91. The maximum absolute atomic E-state index is 11.5. The summed E-state index contributed by atoms with van der Waals surface area (Å²) in [7, 11) is 0. The Hall–Kier alpha value is -1.03. The van der Waals surface area contributed by atoms with Gasteiger partial charge in [0.1, 0.15) is 5.60 Å². The Balaban J connectivity index is 2.52. The first-order chi connectivity index (χ1) is 6.87. The van der Waals surface area contributed by atoms with Crippen LogP contribution in [0.4, 0.5) is 0 Å². The van der Waals surface area contributed by atoms with Crippen LogP contribution in [0.5, 0.6) is 0 Å². The average Bonchev–Trinajstić information content (AvgIpc) is 1.99. The fourth-order valence-corrected chi connectivity index (χ4v) is 1.37. The van der Waals surface area contributed by atoms with E-state index in [1.165, 1.54) is 0 Å². The van der Waals surface area contributed by atoms with Gasteiger partial charge in [0, 0.05) is 17.5 Å². The van der Waals surface area contributed by atoms with Gasteiger partial charge in [-0.25, -0.2) is 0 Å². The molecule has 0 N–H and O–H groups in total. The predicted octanol–water partition coefficient (Wildman–Crippen LogP) is 2.45. The van der Waals surface area contributed by atoms with Crippen LogP contribution in [-0.2, 0) is 9.53 Å². The fraction of sp³-hybridized carbons (Fsp3) is 0.545. The first-order valence-electron chi connectivity index (χ1n) is 4.84. The lowest BCUT2D eigenvalue weighted by molar-refractivity contribution is -0.153. The summed E-state index contributed by atoms with van der Waals surface area (Å²) in [5, 5.41) is 0. The number of hydrogen-bond acceptors (Lipinski definition) is 4. The number of aliphatic imine (C=N–C) groups is 1. The molecule has 0 aromatic heterocycles. The van der Waals surface area contributed by atoms with Crippen LogP contribution in [0.1, 0.15) is 33.6 Å². The van der Waals surface area contributed by atoms with Crippen molar-refractivity contribution in [1.29, 1.82) is 0 Å². The second-order valence-corrected chi connectivity index (χ2v) is 4.91. The van der Waals surface area contributed by atoms with E-state index in [4.69, 9.17) is 17.0 Å². The van der Waals surface area contributed by atoms with Crippen LogP contribution in [0, 0.1) is 0 Å². The van der Waals surface area contributed by atoms with Crippen molar-refractivity contribution >= 4 is 29.3 Å². The van der Waals surface area contributed by atoms with Crippen LogP contribution < -0.4 is 0 Å². The quantitative estimate of drug-likeness (QED) is 0.535. The predicted molar refractivity (Wildman–Crippen MR) is 64.3 cm³/mol. The summed E-state index contributed by atoms with van der Waals surface area (Å²) in [6.07, 6.45) is 4.36. The van der Waals surface area contributed by atoms with Crippen LogP contribution in [0.3, 0.4) is 0 Å². The summed E-state index contributed by atoms with van der Waals surface area (Å²) in [5.41, 5.74) is 0.233. The van der Waals surface area contributed by atoms with Crippen molar-refractivity contribution in [3.05, 3.63) is 11.8 Å². The number of carbonyl (C=O) groups excluding carboxylic acids is 1. The van der Waals surface area contributed by atoms with Crippen molar-refractivity contribution < 1.29 is 9.53 Å². The smallest absolute Gasteiger partial charge is 0.312 e. The van der Waals surface area contributed by atoms with E-state index in [0.717, 1.165) is 4.86 Å². The minimum atomic E-state index is -0.448. The van der Waals surface area contributed by atoms with Crippen molar-refractivity contribution in [2.75, 3.05) is 0 Å². The van der Waals surface area contributed by atoms with E-state index in [1.54, 1.807) is 12.3 Å². The summed E-state index contributed by atoms with van der Waals surface area (Å²) < 4.78 is 5.18. The summed E-state index contributed by atoms with van der Waals surface area (Å²) in [6, 6.07) is 0. The molecule has 0 bridgehead atoms. The number of thiocarbonyl (C=S) groups is 1. The van der Waals surface area contributed by atoms with Crippen LogP contribution in [0.25, 0.3) is 0 Å². The third-order valence-electron chi connectivity index (χ3n) is 1.62. The first kappa shape index (κ1) is 12.0. The lowest BCUT2D eigenvalue weighted by atomic mass is 10.1. The molecule has 0 unspecified atom stereocenters. The van der Waals surface area contributed by atoms with Gasteiger partial charge < -0.3 is 4.74 Å². The lowest BCUT2D eigenvalue weighted by Gasteiger charge is -2.19. The van der Waals surface area contributed by atoms with E-state index in [9.17, 15) is 4.79 Å². The van der Waals surface area contributed by atoms with E-state index >= 15 is 0 Å². The maximum Gasteiger partial charge on any atom is 0.312 e. The maximum atomic E-state index is 11.5. The van der Waals surface area contributed by atoms with Crippen molar-refractivity contribution in [1.82, 2.24) is 0 Å². The molecule has 0 aromatic rings. The van der Waals surface area contributed by atoms with E-state index in [1.807, 2.05) is 20.8 Å². The topological polar surface area (TPSA) is 38.7 Å². The van der Waals surface area contributed by atoms with E-state index in [0.29, 0.717) is 12.1 Å². The average molecular weight is 225 g/mol. The molecule has 0 amide bonds. The van der Waals surface area contributed by atoms with Crippen molar-refractivity contribution in [2.45, 2.75) is 39.2 Å². The number of allylic oxidation sites excluding steroid dienone is 1. The van der Waals surface area contributed by atoms with Crippen molar-refractivity contribution in [3.63, 3.8) is 0 Å². The summed E-state index contributed by atoms with van der Waals surface area (Å²) >= 11 is 5.03. The Morgan fingerprint density at radius 1 is 1.60 bits per heavy atom. The highest BCUT2D eigenvalue weighted by atomic mass is 32.1. The molecule has 0 saturated heterocycles. The van der Waals surface area contributed by atoms with Crippen LogP contribution in [0.15, 0.2) is 16.8 Å². The number of rotatable bonds is 2. The summed E-state index contributed by atoms with van der Waals surface area (Å²) in [6.45, 7) is 5.52. The largest absolute Gasteiger partial charge is 0.460 e. The molecule has 3 nitrogen and oxygen atoms in total. The number of esters is 1. The zero-order valence-electron chi connectivity index (χ0n) is 9.24. The van der Waals surface area contributed by atoms with Gasteiger partial charge in [0.15, 0.2) is 0 Å². The fourth-order valence-electron chi connectivity index (χ4n) is 1.16. The van der Waals surface area contributed by atoms with E-state index < -0.39 is 5.60 Å². The van der Waals surface area contributed by atoms with Crippen molar-refractivity contribution in [3.8, 4) is 0 Å². The number of hydrogen-bond donors (Lipinski definition) is 0. The second kappa shape index (κ2) is 4.66. The molecule has 0 saturated carbocycles. The molecular formula is C11H15NO2S. The Bertz CT molecular complexity index is 337. The molecule has 1 rings (SSSR count). The highest BCUT2D eigenvalue weighted by Crippen LogP contribution is 2.14. The summed E-state index contributed by atoms with van der Waals surface area (Å²) in [4.78, 5) is 16.4. The molecule has 0 fully saturated rings. The highest BCUT2D eigenvalue weighted by molar-refractivity contribution is 7.80. The minimum Gasteiger partial charge on any atom is -0.460 e. The SMILES string of the molecule is CC(C)(C)OC(=O)CC1=CC(=S)CC=N1. The summed E-state index contributed by atoms with van der Waals surface area (Å²) in [5.74, 6) is -0.268. The molecule has 4 heteroatoms. The van der Waals surface area contributed by atoms with Crippen molar-refractivity contribution in [2.24, 2.45) is 4.99 Å². The highest BCUT2D eigenvalue weighted by Gasteiger charge is 2.17. The number of ether oxygens (including phenoxy) is 1. The van der Waals surface area contributed by atoms with Gasteiger partial charge in [-0.15, -0.1) is 0 Å². The first-order valence-corrected chi connectivity index (χ1v) is 5.25.